The van der Waals surface area contributed by atoms with Crippen molar-refractivity contribution in [2.45, 2.75) is 4.90 Å². The van der Waals surface area contributed by atoms with Gasteiger partial charge in [-0.1, -0.05) is 17.7 Å². The van der Waals surface area contributed by atoms with E-state index in [0.29, 0.717) is 0 Å². The third-order valence-corrected chi connectivity index (χ3v) is 4.88. The van der Waals surface area contributed by atoms with Gasteiger partial charge in [0.2, 0.25) is 5.76 Å². The Bertz CT molecular complexity index is 800. The van der Waals surface area contributed by atoms with Crippen molar-refractivity contribution in [2.75, 3.05) is 4.72 Å². The van der Waals surface area contributed by atoms with Gasteiger partial charge < -0.3 is 9.52 Å². The zero-order valence-electron chi connectivity index (χ0n) is 9.93. The van der Waals surface area contributed by atoms with Crippen LogP contribution in [-0.4, -0.2) is 19.5 Å². The van der Waals surface area contributed by atoms with Crippen LogP contribution in [-0.2, 0) is 10.0 Å². The highest BCUT2D eigenvalue weighted by Crippen LogP contribution is 2.31. The molecule has 1 aromatic heterocycles. The molecular formula is C11H6BrClFNO5S. The molecule has 0 radical (unpaired) electrons. The van der Waals surface area contributed by atoms with E-state index in [9.17, 15) is 17.6 Å². The normalized spacial score (nSPS) is 11.4. The van der Waals surface area contributed by atoms with Crippen molar-refractivity contribution in [3.63, 3.8) is 0 Å². The third-order valence-electron chi connectivity index (χ3n) is 2.35. The summed E-state index contributed by atoms with van der Waals surface area (Å²) < 4.78 is 44.2. The first kappa shape index (κ1) is 15.8. The quantitative estimate of drug-likeness (QED) is 0.823. The number of carboxylic acid groups (broad SMARTS) is 1. The maximum absolute atomic E-state index is 13.6. The first-order valence-corrected chi connectivity index (χ1v) is 7.87. The summed E-state index contributed by atoms with van der Waals surface area (Å²) in [5.74, 6) is -2.90. The molecule has 0 atom stereocenters. The van der Waals surface area contributed by atoms with Gasteiger partial charge in [-0.15, -0.1) is 0 Å². The van der Waals surface area contributed by atoms with Crippen LogP contribution in [0, 0.1) is 5.82 Å². The summed E-state index contributed by atoms with van der Waals surface area (Å²) in [6.07, 6.45) is 0. The van der Waals surface area contributed by atoms with Crippen LogP contribution in [0.5, 0.6) is 0 Å². The van der Waals surface area contributed by atoms with E-state index in [1.165, 1.54) is 12.1 Å². The van der Waals surface area contributed by atoms with Crippen LogP contribution < -0.4 is 4.72 Å². The maximum atomic E-state index is 13.6. The molecule has 0 unspecified atom stereocenters. The highest BCUT2D eigenvalue weighted by Gasteiger charge is 2.26. The number of halogens is 3. The lowest BCUT2D eigenvalue weighted by Crippen LogP contribution is -2.14. The molecule has 1 heterocycles. The molecule has 0 fully saturated rings. The number of para-hydroxylation sites is 1. The number of benzene rings is 1. The van der Waals surface area contributed by atoms with Gasteiger partial charge in [0, 0.05) is 6.07 Å². The second-order valence-electron chi connectivity index (χ2n) is 3.76. The van der Waals surface area contributed by atoms with Gasteiger partial charge in [0.25, 0.3) is 10.0 Å². The van der Waals surface area contributed by atoms with Gasteiger partial charge in [-0.05, 0) is 28.1 Å². The van der Waals surface area contributed by atoms with Crippen LogP contribution in [0.3, 0.4) is 0 Å². The monoisotopic (exact) mass is 397 g/mol. The largest absolute Gasteiger partial charge is 0.475 e. The Kier molecular flexibility index (Phi) is 4.26. The lowest BCUT2D eigenvalue weighted by molar-refractivity contribution is 0.0661. The molecule has 0 bridgehead atoms. The van der Waals surface area contributed by atoms with E-state index in [1.54, 1.807) is 0 Å². The molecule has 21 heavy (non-hydrogen) atoms. The molecule has 6 nitrogen and oxygen atoms in total. The van der Waals surface area contributed by atoms with Crippen molar-refractivity contribution in [1.29, 1.82) is 0 Å². The number of furan rings is 1. The number of hydrogen-bond donors (Lipinski definition) is 2. The van der Waals surface area contributed by atoms with Gasteiger partial charge in [0.15, 0.2) is 4.67 Å². The zero-order chi connectivity index (χ0) is 15.8. The molecule has 0 aliphatic carbocycles. The van der Waals surface area contributed by atoms with Crippen LogP contribution in [0.25, 0.3) is 0 Å². The molecule has 0 saturated carbocycles. The van der Waals surface area contributed by atoms with E-state index in [4.69, 9.17) is 21.1 Å². The second kappa shape index (κ2) is 5.66. The molecule has 0 aliphatic rings. The topological polar surface area (TPSA) is 96.6 Å². The Balaban J connectivity index is 2.46. The molecule has 0 amide bonds. The van der Waals surface area contributed by atoms with Gasteiger partial charge in [0.1, 0.15) is 16.4 Å². The smallest absolute Gasteiger partial charge is 0.371 e. The predicted octanol–water partition coefficient (Wildman–Crippen LogP) is 3.33. The van der Waals surface area contributed by atoms with E-state index in [2.05, 4.69) is 15.9 Å². The molecule has 2 rings (SSSR count). The Morgan fingerprint density at radius 3 is 2.62 bits per heavy atom. The molecule has 0 saturated heterocycles. The Labute approximate surface area is 131 Å². The number of carbonyl (C=O) groups is 1. The van der Waals surface area contributed by atoms with Gasteiger partial charge in [-0.3, -0.25) is 4.72 Å². The second-order valence-corrected chi connectivity index (χ2v) is 6.53. The highest BCUT2D eigenvalue weighted by atomic mass is 79.9. The van der Waals surface area contributed by atoms with Crippen molar-refractivity contribution in [1.82, 2.24) is 0 Å². The third kappa shape index (κ3) is 3.20. The summed E-state index contributed by atoms with van der Waals surface area (Å²) in [5, 5.41) is 8.61. The lowest BCUT2D eigenvalue weighted by atomic mass is 10.3. The summed E-state index contributed by atoms with van der Waals surface area (Å²) in [6.45, 7) is 0. The zero-order valence-corrected chi connectivity index (χ0v) is 13.1. The van der Waals surface area contributed by atoms with E-state index < -0.39 is 38.2 Å². The van der Waals surface area contributed by atoms with Crippen molar-refractivity contribution in [3.05, 3.63) is 45.5 Å². The predicted molar refractivity (Wildman–Crippen MR) is 75.6 cm³/mol. The summed E-state index contributed by atoms with van der Waals surface area (Å²) in [6, 6.07) is 4.43. The van der Waals surface area contributed by atoms with E-state index in [0.717, 1.165) is 12.1 Å². The maximum Gasteiger partial charge on any atom is 0.371 e. The molecule has 1 aromatic carbocycles. The van der Waals surface area contributed by atoms with Crippen LogP contribution >= 0.6 is 27.5 Å². The highest BCUT2D eigenvalue weighted by molar-refractivity contribution is 9.10. The minimum atomic E-state index is -4.28. The number of carboxylic acids is 1. The lowest BCUT2D eigenvalue weighted by Gasteiger charge is -2.09. The summed E-state index contributed by atoms with van der Waals surface area (Å²) >= 11 is 8.52. The molecule has 2 aromatic rings. The minimum absolute atomic E-state index is 0.142. The van der Waals surface area contributed by atoms with Crippen molar-refractivity contribution in [3.8, 4) is 0 Å². The Morgan fingerprint density at radius 2 is 2.10 bits per heavy atom. The van der Waals surface area contributed by atoms with Gasteiger partial charge in [-0.2, -0.15) is 0 Å². The van der Waals surface area contributed by atoms with Crippen LogP contribution in [0.1, 0.15) is 10.6 Å². The number of hydrogen-bond acceptors (Lipinski definition) is 4. The van der Waals surface area contributed by atoms with Gasteiger partial charge in [-0.25, -0.2) is 17.6 Å². The molecule has 10 heteroatoms. The van der Waals surface area contributed by atoms with E-state index in [1.807, 2.05) is 4.72 Å². The van der Waals surface area contributed by atoms with Crippen LogP contribution in [0.2, 0.25) is 5.02 Å². The molecule has 2 N–H and O–H groups in total. The van der Waals surface area contributed by atoms with E-state index >= 15 is 0 Å². The average molecular weight is 399 g/mol. The number of sulfonamides is 1. The minimum Gasteiger partial charge on any atom is -0.475 e. The summed E-state index contributed by atoms with van der Waals surface area (Å²) in [4.78, 5) is 10.3. The van der Waals surface area contributed by atoms with Gasteiger partial charge >= 0.3 is 5.97 Å². The standard InChI is InChI=1S/C11H6BrClFNO5S/c12-10-8(4-7(20-10)11(16)17)21(18,19)15-9-5(13)2-1-3-6(9)14/h1-4,15H,(H,16,17). The Morgan fingerprint density at radius 1 is 1.43 bits per heavy atom. The summed E-state index contributed by atoms with van der Waals surface area (Å²) in [5.41, 5.74) is -0.441. The number of nitrogens with one attached hydrogen (secondary N) is 1. The van der Waals surface area contributed by atoms with Crippen LogP contribution in [0.15, 0.2) is 38.2 Å². The van der Waals surface area contributed by atoms with E-state index in [-0.39, 0.29) is 9.69 Å². The number of anilines is 1. The van der Waals surface area contributed by atoms with Crippen molar-refractivity contribution >= 4 is 49.2 Å². The average Bonchev–Trinajstić information content (AvgIpc) is 2.77. The van der Waals surface area contributed by atoms with Crippen molar-refractivity contribution in [2.24, 2.45) is 0 Å². The van der Waals surface area contributed by atoms with Crippen LogP contribution in [0.4, 0.5) is 10.1 Å². The first-order chi connectivity index (χ1) is 9.72. The Hall–Kier alpha value is -1.58. The number of aromatic carboxylic acids is 1. The molecule has 0 aliphatic heterocycles. The number of rotatable bonds is 4. The molecule has 112 valence electrons. The van der Waals surface area contributed by atoms with Crippen molar-refractivity contribution < 1.29 is 27.1 Å². The first-order valence-electron chi connectivity index (χ1n) is 5.22. The SMILES string of the molecule is O=C(O)c1cc(S(=O)(=O)Nc2c(F)cccc2Cl)c(Br)o1. The summed E-state index contributed by atoms with van der Waals surface area (Å²) in [7, 11) is -4.28. The fraction of sp³-hybridized carbons (Fsp3) is 0. The molecular weight excluding hydrogens is 393 g/mol. The fourth-order valence-electron chi connectivity index (χ4n) is 1.43. The molecule has 0 spiro atoms. The van der Waals surface area contributed by atoms with Gasteiger partial charge in [0.05, 0.1) is 5.02 Å². The fourth-order valence-corrected chi connectivity index (χ4v) is 3.72.